The van der Waals surface area contributed by atoms with Gasteiger partial charge in [-0.3, -0.25) is 32.5 Å². The molecule has 95 heavy (non-hydrogen) atoms. The van der Waals surface area contributed by atoms with Crippen LogP contribution >= 0.6 is 15.6 Å². The molecule has 16 nitrogen and oxygen atoms in total. The average Bonchev–Trinajstić information content (AvgIpc) is 2.15. The highest BCUT2D eigenvalue weighted by atomic mass is 31.2. The van der Waals surface area contributed by atoms with Gasteiger partial charge in [-0.25, -0.2) is 9.13 Å². The van der Waals surface area contributed by atoms with Gasteiger partial charge in [0.15, 0.2) is 6.10 Å². The number of rotatable bonds is 65. The SMILES string of the molecule is CC/C=C\C/C=C\C/C=C\C/C=C\C/C=C\C/C=C\CCCCC(=O)OCC(COP(=O)(O)OCC(O)COP(=O)(O)OCC(O)COC(=O)CCCCCCCCC/C=C\C/C=C\C/C=C\C/C=C\C/C=C\CC)OC(=O)CCCCCCC/C=C\C/C=C\C/C=C\CC. The Bertz CT molecular complexity index is 2410. The van der Waals surface area contributed by atoms with E-state index < -0.39 is 91.5 Å². The molecule has 0 bridgehead atoms. The smallest absolute Gasteiger partial charge is 0.463 e. The average molecular weight is 1370 g/mol. The number of phosphoric ester groups is 2. The number of carbonyl (C=O) groups excluding carboxylic acids is 3. The van der Waals surface area contributed by atoms with E-state index in [0.717, 1.165) is 180 Å². The van der Waals surface area contributed by atoms with Crippen LogP contribution in [-0.4, -0.2) is 95.9 Å². The number of aliphatic hydroxyl groups excluding tert-OH is 2. The van der Waals surface area contributed by atoms with Crippen LogP contribution in [0, 0.1) is 0 Å². The lowest BCUT2D eigenvalue weighted by atomic mass is 10.1. The molecule has 0 aliphatic heterocycles. The molecule has 0 aliphatic rings. The molecular formula is C77H124O16P2. The third kappa shape index (κ3) is 70.1. The molecule has 0 spiro atoms. The van der Waals surface area contributed by atoms with Crippen molar-refractivity contribution in [2.24, 2.45) is 0 Å². The minimum absolute atomic E-state index is 0.0681. The highest BCUT2D eigenvalue weighted by Crippen LogP contribution is 2.45. The van der Waals surface area contributed by atoms with Crippen LogP contribution in [0.4, 0.5) is 0 Å². The summed E-state index contributed by atoms with van der Waals surface area (Å²) in [5.41, 5.74) is 0. The van der Waals surface area contributed by atoms with Crippen LogP contribution in [0.15, 0.2) is 170 Å². The van der Waals surface area contributed by atoms with Crippen LogP contribution in [0.5, 0.6) is 0 Å². The molecule has 0 radical (unpaired) electrons. The molecule has 5 unspecified atom stereocenters. The first-order chi connectivity index (χ1) is 46.2. The summed E-state index contributed by atoms with van der Waals surface area (Å²) in [6.45, 7) is 2.21. The molecule has 18 heteroatoms. The summed E-state index contributed by atoms with van der Waals surface area (Å²) >= 11 is 0. The normalized spacial score (nSPS) is 15.1. The van der Waals surface area contributed by atoms with Crippen molar-refractivity contribution in [2.45, 2.75) is 257 Å². The summed E-state index contributed by atoms with van der Waals surface area (Å²) in [5, 5.41) is 20.6. The first-order valence-electron chi connectivity index (χ1n) is 35.4. The van der Waals surface area contributed by atoms with Crippen molar-refractivity contribution in [3.8, 4) is 0 Å². The van der Waals surface area contributed by atoms with E-state index >= 15 is 0 Å². The van der Waals surface area contributed by atoms with Gasteiger partial charge < -0.3 is 34.2 Å². The zero-order valence-corrected chi connectivity index (χ0v) is 60.1. The van der Waals surface area contributed by atoms with Crippen LogP contribution in [0.2, 0.25) is 0 Å². The monoisotopic (exact) mass is 1370 g/mol. The Morgan fingerprint density at radius 3 is 0.853 bits per heavy atom. The van der Waals surface area contributed by atoms with Crippen LogP contribution in [0.3, 0.4) is 0 Å². The number of esters is 3. The molecule has 0 aromatic heterocycles. The van der Waals surface area contributed by atoms with Gasteiger partial charge >= 0.3 is 33.6 Å². The van der Waals surface area contributed by atoms with Crippen LogP contribution in [0.25, 0.3) is 0 Å². The molecule has 538 valence electrons. The van der Waals surface area contributed by atoms with E-state index in [1.165, 1.54) is 0 Å². The van der Waals surface area contributed by atoms with E-state index in [4.69, 9.17) is 32.3 Å². The van der Waals surface area contributed by atoms with Gasteiger partial charge in [0, 0.05) is 19.3 Å². The summed E-state index contributed by atoms with van der Waals surface area (Å²) in [7, 11) is -9.82. The molecular weight excluding hydrogens is 1240 g/mol. The highest BCUT2D eigenvalue weighted by molar-refractivity contribution is 7.47. The molecule has 4 N–H and O–H groups in total. The lowest BCUT2D eigenvalue weighted by Gasteiger charge is -2.21. The second-order valence-corrected chi connectivity index (χ2v) is 25.8. The lowest BCUT2D eigenvalue weighted by Crippen LogP contribution is -2.30. The molecule has 0 saturated heterocycles. The van der Waals surface area contributed by atoms with Gasteiger partial charge in [-0.05, 0) is 148 Å². The fraction of sp³-hybridized carbons (Fsp3) is 0.597. The third-order valence-electron chi connectivity index (χ3n) is 13.9. The van der Waals surface area contributed by atoms with E-state index in [9.17, 15) is 43.5 Å². The van der Waals surface area contributed by atoms with E-state index in [0.29, 0.717) is 19.3 Å². The molecule has 0 aliphatic carbocycles. The molecule has 0 saturated carbocycles. The van der Waals surface area contributed by atoms with Gasteiger partial charge in [-0.1, -0.05) is 242 Å². The zero-order chi connectivity index (χ0) is 69.5. The fourth-order valence-corrected chi connectivity index (χ4v) is 10.2. The first kappa shape index (κ1) is 89.9. The maximum Gasteiger partial charge on any atom is 0.472 e. The first-order valence-corrected chi connectivity index (χ1v) is 38.4. The number of phosphoric acid groups is 2. The summed E-state index contributed by atoms with van der Waals surface area (Å²) in [4.78, 5) is 58.5. The van der Waals surface area contributed by atoms with Gasteiger partial charge in [0.25, 0.3) is 0 Å². The van der Waals surface area contributed by atoms with Crippen molar-refractivity contribution in [2.75, 3.05) is 39.6 Å². The van der Waals surface area contributed by atoms with Crippen LogP contribution < -0.4 is 0 Å². The van der Waals surface area contributed by atoms with Crippen molar-refractivity contribution in [1.82, 2.24) is 0 Å². The van der Waals surface area contributed by atoms with Crippen LogP contribution in [0.1, 0.15) is 239 Å². The maximum absolute atomic E-state index is 12.9. The number of carbonyl (C=O) groups is 3. The number of hydrogen-bond donors (Lipinski definition) is 4. The Morgan fingerprint density at radius 2 is 0.526 bits per heavy atom. The Kier molecular flexibility index (Phi) is 65.1. The van der Waals surface area contributed by atoms with Crippen molar-refractivity contribution in [3.05, 3.63) is 170 Å². The second kappa shape index (κ2) is 68.8. The quantitative estimate of drug-likeness (QED) is 0.0146. The summed E-state index contributed by atoms with van der Waals surface area (Å²) < 4.78 is 60.9. The van der Waals surface area contributed by atoms with Gasteiger partial charge in [-0.15, -0.1) is 0 Å². The summed E-state index contributed by atoms with van der Waals surface area (Å²) in [6, 6.07) is 0. The predicted octanol–water partition coefficient (Wildman–Crippen LogP) is 20.1. The van der Waals surface area contributed by atoms with E-state index in [1.54, 1.807) is 0 Å². The number of allylic oxidation sites excluding steroid dienone is 28. The third-order valence-corrected chi connectivity index (χ3v) is 15.8. The van der Waals surface area contributed by atoms with Gasteiger partial charge in [0.1, 0.15) is 25.4 Å². The summed E-state index contributed by atoms with van der Waals surface area (Å²) in [5.74, 6) is -1.67. The van der Waals surface area contributed by atoms with Crippen molar-refractivity contribution in [1.29, 1.82) is 0 Å². The fourth-order valence-electron chi connectivity index (χ4n) is 8.61. The molecule has 0 fully saturated rings. The number of aliphatic hydroxyl groups is 2. The largest absolute Gasteiger partial charge is 0.472 e. The molecule has 0 amide bonds. The Labute approximate surface area is 573 Å². The highest BCUT2D eigenvalue weighted by Gasteiger charge is 2.29. The molecule has 0 aromatic rings. The Balaban J connectivity index is 4.72. The van der Waals surface area contributed by atoms with Gasteiger partial charge in [-0.2, -0.15) is 0 Å². The molecule has 0 heterocycles. The minimum Gasteiger partial charge on any atom is -0.463 e. The lowest BCUT2D eigenvalue weighted by molar-refractivity contribution is -0.161. The topological polar surface area (TPSA) is 231 Å². The standard InChI is InChI=1S/C77H124O16P2/c1-4-7-10-13-16-19-22-25-28-30-32-34-35-37-39-40-43-45-48-51-54-57-60-63-75(80)87-66-72(78)67-89-94(83,84)90-68-73(79)69-91-95(85,86)92-71-74(93-77(82)65-62-59-56-53-50-47-42-27-24-21-18-15-12-9-6-3)70-88-76(81)64-61-58-55-52-49-46-44-41-38-36-33-31-29-26-23-20-17-14-11-8-5-2/h7-12,16-21,25-29,32-34,36-37,39,41-42,44,49,52,72-74,78-79H,4-6,13-15,22-24,30-31,35,38,40,43,45-48,50-51,53-71H2,1-3H3,(H,83,84)(H,85,86)/b10-7-,11-8-,12-9-,19-16-,20-17-,21-18-,28-25-,29-26-,34-32-,36-33-,39-37-,42-27-,44-41-,52-49-. The Hall–Kier alpha value is -5.09. The Morgan fingerprint density at radius 1 is 0.295 bits per heavy atom. The number of hydrogen-bond acceptors (Lipinski definition) is 14. The van der Waals surface area contributed by atoms with Crippen molar-refractivity contribution in [3.63, 3.8) is 0 Å². The molecule has 0 rings (SSSR count). The minimum atomic E-state index is -4.95. The van der Waals surface area contributed by atoms with Gasteiger partial charge in [0.2, 0.25) is 0 Å². The van der Waals surface area contributed by atoms with Crippen LogP contribution in [-0.2, 0) is 55.8 Å². The van der Waals surface area contributed by atoms with Crippen molar-refractivity contribution < 1.29 is 75.8 Å². The predicted molar refractivity (Wildman–Crippen MR) is 389 cm³/mol. The maximum atomic E-state index is 12.9. The van der Waals surface area contributed by atoms with E-state index in [-0.39, 0.29) is 19.3 Å². The second-order valence-electron chi connectivity index (χ2n) is 22.9. The van der Waals surface area contributed by atoms with Crippen molar-refractivity contribution >= 4 is 33.6 Å². The number of unbranched alkanes of at least 4 members (excludes halogenated alkanes) is 14. The number of ether oxygens (including phenoxy) is 3. The van der Waals surface area contributed by atoms with E-state index in [2.05, 4.69) is 191 Å². The molecule has 0 aromatic carbocycles. The zero-order valence-electron chi connectivity index (χ0n) is 58.3. The van der Waals surface area contributed by atoms with E-state index in [1.807, 2.05) is 0 Å². The van der Waals surface area contributed by atoms with Gasteiger partial charge in [0.05, 0.1) is 26.4 Å². The molecule has 5 atom stereocenters. The summed E-state index contributed by atoms with van der Waals surface area (Å²) in [6.07, 6.45) is 85.5.